The molecule has 4 rings (SSSR count). The van der Waals surface area contributed by atoms with Gasteiger partial charge >= 0.3 is 5.97 Å². The number of esters is 1. The van der Waals surface area contributed by atoms with Crippen molar-refractivity contribution in [2.75, 3.05) is 6.61 Å². The van der Waals surface area contributed by atoms with Crippen molar-refractivity contribution in [3.63, 3.8) is 0 Å². The number of aromatic nitrogens is 1. The first-order valence-electron chi connectivity index (χ1n) is 8.85. The van der Waals surface area contributed by atoms with Crippen LogP contribution < -0.4 is 9.89 Å². The number of benzene rings is 1. The number of hydroxylamine groups is 2. The predicted molar refractivity (Wildman–Crippen MR) is 104 cm³/mol. The van der Waals surface area contributed by atoms with E-state index in [1.807, 2.05) is 18.2 Å². The Balaban J connectivity index is 1.72. The molecule has 7 heteroatoms. The van der Waals surface area contributed by atoms with Gasteiger partial charge in [0, 0.05) is 29.6 Å². The fourth-order valence-electron chi connectivity index (χ4n) is 3.41. The predicted octanol–water partition coefficient (Wildman–Crippen LogP) is 2.17. The van der Waals surface area contributed by atoms with Gasteiger partial charge < -0.3 is 9.30 Å². The lowest BCUT2D eigenvalue weighted by Gasteiger charge is -2.25. The Morgan fingerprint density at radius 2 is 2.11 bits per heavy atom. The molecule has 6 nitrogen and oxygen atoms in total. The molecule has 3 aromatic rings. The number of hydrogen-bond acceptors (Lipinski definition) is 6. The maximum Gasteiger partial charge on any atom is 0.353 e. The van der Waals surface area contributed by atoms with Crippen LogP contribution in [0.1, 0.15) is 24.4 Å². The topological polar surface area (TPSA) is 67.1 Å². The van der Waals surface area contributed by atoms with Gasteiger partial charge in [-0.2, -0.15) is 0 Å². The van der Waals surface area contributed by atoms with E-state index in [0.29, 0.717) is 5.70 Å². The first kappa shape index (κ1) is 17.8. The van der Waals surface area contributed by atoms with E-state index >= 15 is 0 Å². The van der Waals surface area contributed by atoms with Crippen LogP contribution >= 0.6 is 11.3 Å². The lowest BCUT2D eigenvalue weighted by Crippen LogP contribution is -2.46. The molecule has 3 heterocycles. The molecule has 0 fully saturated rings. The van der Waals surface area contributed by atoms with Crippen molar-refractivity contribution in [1.29, 1.82) is 0 Å². The first-order valence-corrected chi connectivity index (χ1v) is 9.66. The quantitative estimate of drug-likeness (QED) is 0.701. The minimum Gasteiger partial charge on any atom is -0.463 e. The largest absolute Gasteiger partial charge is 0.463 e. The Hall–Kier alpha value is -2.64. The van der Waals surface area contributed by atoms with Gasteiger partial charge in [-0.25, -0.2) is 14.9 Å². The molecular formula is C20H21N3O3S. The molecule has 0 spiro atoms. The molecule has 27 heavy (non-hydrogen) atoms. The molecule has 0 amide bonds. The number of nitrogens with zero attached hydrogens (tertiary/aromatic N) is 3. The van der Waals surface area contributed by atoms with E-state index in [-0.39, 0.29) is 6.61 Å². The van der Waals surface area contributed by atoms with Crippen LogP contribution in [0.5, 0.6) is 0 Å². The molecule has 0 saturated carbocycles. The van der Waals surface area contributed by atoms with Gasteiger partial charge in [-0.15, -0.1) is 11.3 Å². The lowest BCUT2D eigenvalue weighted by atomic mass is 10.2. The molecule has 1 unspecified atom stereocenters. The van der Waals surface area contributed by atoms with Crippen molar-refractivity contribution in [3.8, 4) is 0 Å². The summed E-state index contributed by atoms with van der Waals surface area (Å²) >= 11 is 1.59. The summed E-state index contributed by atoms with van der Waals surface area (Å²) in [5.74, 6) is -0.550. The molecule has 2 aromatic heterocycles. The van der Waals surface area contributed by atoms with Crippen LogP contribution in [-0.2, 0) is 23.0 Å². The molecule has 0 radical (unpaired) electrons. The third-order valence-corrected chi connectivity index (χ3v) is 6.07. The minimum absolute atomic E-state index is 0.251. The molecular weight excluding hydrogens is 362 g/mol. The summed E-state index contributed by atoms with van der Waals surface area (Å²) in [6, 6.07) is 12.5. The second-order valence-corrected chi connectivity index (χ2v) is 7.68. The highest BCUT2D eigenvalue weighted by molar-refractivity contribution is 7.09. The smallest absolute Gasteiger partial charge is 0.353 e. The van der Waals surface area contributed by atoms with Crippen LogP contribution in [0.4, 0.5) is 0 Å². The summed E-state index contributed by atoms with van der Waals surface area (Å²) in [5.41, 5.74) is 3.02. The standard InChI is InChI=1S/C20H21N3O3S/c1-4-26-20(24)19-21-16-11-15(27-18(16)12(2)23(19)25)10-14-9-13-7-5-6-8-17(13)22(14)3/h5-9,11,19,25H,4,10H2,1-3H3. The van der Waals surface area contributed by atoms with Crippen molar-refractivity contribution in [3.05, 3.63) is 56.9 Å². The molecule has 0 aliphatic carbocycles. The Morgan fingerprint density at radius 1 is 1.33 bits per heavy atom. The van der Waals surface area contributed by atoms with Crippen molar-refractivity contribution in [2.45, 2.75) is 26.4 Å². The maximum absolute atomic E-state index is 12.1. The van der Waals surface area contributed by atoms with Crippen molar-refractivity contribution < 1.29 is 14.7 Å². The van der Waals surface area contributed by atoms with Crippen molar-refractivity contribution in [2.24, 2.45) is 12.0 Å². The molecule has 0 saturated heterocycles. The maximum atomic E-state index is 12.1. The number of ether oxygens (including phenoxy) is 1. The zero-order valence-electron chi connectivity index (χ0n) is 15.5. The fraction of sp³-hybridized carbons (Fsp3) is 0.300. The van der Waals surface area contributed by atoms with Crippen LogP contribution in [0.2, 0.25) is 0 Å². The second kappa shape index (κ2) is 6.83. The van der Waals surface area contributed by atoms with Gasteiger partial charge in [0.25, 0.3) is 0 Å². The van der Waals surface area contributed by atoms with Crippen molar-refractivity contribution in [1.82, 2.24) is 9.63 Å². The first-order chi connectivity index (χ1) is 13.0. The average molecular weight is 383 g/mol. The zero-order valence-corrected chi connectivity index (χ0v) is 16.3. The Labute approximate surface area is 160 Å². The third kappa shape index (κ3) is 3.02. The van der Waals surface area contributed by atoms with E-state index in [9.17, 15) is 10.0 Å². The summed E-state index contributed by atoms with van der Waals surface area (Å²) in [5, 5.41) is 13.2. The number of carbonyl (C=O) groups excluding carboxylic acids is 1. The number of carbonyl (C=O) groups is 1. The third-order valence-electron chi connectivity index (χ3n) is 4.83. The van der Waals surface area contributed by atoms with E-state index < -0.39 is 12.1 Å². The summed E-state index contributed by atoms with van der Waals surface area (Å²) in [4.78, 5) is 17.6. The van der Waals surface area contributed by atoms with E-state index in [1.54, 1.807) is 25.2 Å². The second-order valence-electron chi connectivity index (χ2n) is 6.54. The summed E-state index contributed by atoms with van der Waals surface area (Å²) in [6.45, 7) is 3.77. The Kier molecular flexibility index (Phi) is 4.49. The lowest BCUT2D eigenvalue weighted by molar-refractivity contribution is -0.161. The molecule has 1 aromatic carbocycles. The normalized spacial score (nSPS) is 16.4. The van der Waals surface area contributed by atoms with Gasteiger partial charge in [-0.3, -0.25) is 5.21 Å². The van der Waals surface area contributed by atoms with Crippen molar-refractivity contribution >= 4 is 33.9 Å². The summed E-state index contributed by atoms with van der Waals surface area (Å²) in [7, 11) is 2.07. The minimum atomic E-state index is -1.04. The van der Waals surface area contributed by atoms with Gasteiger partial charge in [0.2, 0.25) is 6.17 Å². The highest BCUT2D eigenvalue weighted by Gasteiger charge is 2.29. The highest BCUT2D eigenvalue weighted by Crippen LogP contribution is 2.22. The number of hydrogen-bond donors (Lipinski definition) is 1. The van der Waals surface area contributed by atoms with E-state index in [1.165, 1.54) is 16.6 Å². The van der Waals surface area contributed by atoms with E-state index in [2.05, 4.69) is 34.8 Å². The van der Waals surface area contributed by atoms with E-state index in [4.69, 9.17) is 4.74 Å². The van der Waals surface area contributed by atoms with Crippen LogP contribution in [0.15, 0.2) is 41.4 Å². The Morgan fingerprint density at radius 3 is 2.85 bits per heavy atom. The molecule has 0 bridgehead atoms. The summed E-state index contributed by atoms with van der Waals surface area (Å²) < 4.78 is 8.10. The van der Waals surface area contributed by atoms with Crippen LogP contribution in [0, 0.1) is 0 Å². The number of para-hydroxylation sites is 1. The van der Waals surface area contributed by atoms with Gasteiger partial charge in [-0.1, -0.05) is 18.2 Å². The van der Waals surface area contributed by atoms with Gasteiger partial charge in [0.05, 0.1) is 22.2 Å². The summed E-state index contributed by atoms with van der Waals surface area (Å²) in [6.07, 6.45) is -0.279. The number of rotatable bonds is 4. The molecule has 1 aliphatic rings. The van der Waals surface area contributed by atoms with Crippen LogP contribution in [-0.4, -0.2) is 33.6 Å². The zero-order chi connectivity index (χ0) is 19.1. The molecule has 1 atom stereocenters. The molecule has 140 valence electrons. The van der Waals surface area contributed by atoms with E-state index in [0.717, 1.165) is 26.3 Å². The van der Waals surface area contributed by atoms with Crippen LogP contribution in [0.3, 0.4) is 0 Å². The average Bonchev–Trinajstić information content (AvgIpc) is 3.20. The van der Waals surface area contributed by atoms with Crippen LogP contribution in [0.25, 0.3) is 16.6 Å². The number of aryl methyl sites for hydroxylation is 1. The van der Waals surface area contributed by atoms with Gasteiger partial charge in [0.15, 0.2) is 0 Å². The van der Waals surface area contributed by atoms with Gasteiger partial charge in [-0.05, 0) is 37.4 Å². The van der Waals surface area contributed by atoms with Gasteiger partial charge in [0.1, 0.15) is 0 Å². The SMILES string of the molecule is CCOC(=O)C1N=c2cc(Cc3cc4ccccc4n3C)sc2=C(C)N1O. The monoisotopic (exact) mass is 383 g/mol. The number of thiophene rings is 1. The highest BCUT2D eigenvalue weighted by atomic mass is 32.1. The number of fused-ring (bicyclic) bond motifs is 2. The molecule has 1 aliphatic heterocycles. The fourth-order valence-corrected chi connectivity index (χ4v) is 4.52. The molecule has 1 N–H and O–H groups in total. The Bertz CT molecular complexity index is 1150.